The molecule has 28 heavy (non-hydrogen) atoms. The van der Waals surface area contributed by atoms with Crippen LogP contribution in [0.4, 0.5) is 0 Å². The molecule has 2 aromatic rings. The van der Waals surface area contributed by atoms with Gasteiger partial charge in [0.25, 0.3) is 0 Å². The number of aromatic nitrogens is 2. The lowest BCUT2D eigenvalue weighted by molar-refractivity contribution is 1.18. The summed E-state index contributed by atoms with van der Waals surface area (Å²) in [6.07, 6.45) is 13.9. The molecule has 1 aromatic carbocycles. The maximum atomic E-state index is 9.33. The molecule has 0 spiro atoms. The van der Waals surface area contributed by atoms with E-state index in [0.717, 1.165) is 11.1 Å². The molecule has 0 amide bonds. The van der Waals surface area contributed by atoms with Gasteiger partial charge in [0.2, 0.25) is 12.4 Å². The second-order valence-corrected chi connectivity index (χ2v) is 5.73. The summed E-state index contributed by atoms with van der Waals surface area (Å²) in [4.78, 5) is 16.2. The molecule has 0 unspecified atom stereocenters. The highest BCUT2D eigenvalue weighted by atomic mass is 14.8. The van der Waals surface area contributed by atoms with Crippen molar-refractivity contribution in [3.05, 3.63) is 45.1 Å². The van der Waals surface area contributed by atoms with Crippen molar-refractivity contribution >= 4 is 46.8 Å². The van der Waals surface area contributed by atoms with Gasteiger partial charge in [0.1, 0.15) is 12.1 Å². The van der Waals surface area contributed by atoms with Crippen LogP contribution in [-0.2, 0) is 0 Å². The molecular formula is C20H6N8. The third kappa shape index (κ3) is 2.44. The Hall–Kier alpha value is -4.92. The first kappa shape index (κ1) is 16.5. The third-order valence-corrected chi connectivity index (χ3v) is 4.27. The minimum atomic E-state index is -0.0869. The second kappa shape index (κ2) is 6.42. The Morgan fingerprint density at radius 1 is 0.643 bits per heavy atom. The highest BCUT2D eigenvalue weighted by Gasteiger charge is 2.18. The van der Waals surface area contributed by atoms with Gasteiger partial charge >= 0.3 is 0 Å². The first-order valence-corrected chi connectivity index (χ1v) is 7.91. The highest BCUT2D eigenvalue weighted by Crippen LogP contribution is 2.17. The van der Waals surface area contributed by atoms with Crippen LogP contribution in [0.15, 0.2) is 22.1 Å². The second-order valence-electron chi connectivity index (χ2n) is 5.73. The van der Waals surface area contributed by atoms with Gasteiger partial charge in [0.15, 0.2) is 11.4 Å². The van der Waals surface area contributed by atoms with E-state index in [0.29, 0.717) is 32.9 Å². The Balaban J connectivity index is 2.28. The average molecular weight is 358 g/mol. The van der Waals surface area contributed by atoms with Crippen LogP contribution in [0, 0.1) is 45.6 Å². The van der Waals surface area contributed by atoms with Crippen LogP contribution < -0.4 is 10.4 Å². The quantitative estimate of drug-likeness (QED) is 0.637. The number of allylic oxidation sites excluding steroid dienone is 2. The Bertz CT molecular complexity index is 1380. The van der Waals surface area contributed by atoms with Crippen molar-refractivity contribution in [3.8, 4) is 24.5 Å². The van der Waals surface area contributed by atoms with E-state index in [-0.39, 0.29) is 11.4 Å². The topological polar surface area (TPSA) is 146 Å². The molecule has 1 heterocycles. The van der Waals surface area contributed by atoms with Crippen molar-refractivity contribution in [2.75, 3.05) is 0 Å². The first-order valence-electron chi connectivity index (χ1n) is 7.91. The number of fused-ring (bicyclic) bond motifs is 6. The maximum Gasteiger partial charge on any atom is 0.206 e. The van der Waals surface area contributed by atoms with Crippen molar-refractivity contribution < 1.29 is 0 Å². The van der Waals surface area contributed by atoms with E-state index in [4.69, 9.17) is 10.5 Å². The highest BCUT2D eigenvalue weighted by molar-refractivity contribution is 6.24. The van der Waals surface area contributed by atoms with E-state index < -0.39 is 0 Å². The average Bonchev–Trinajstić information content (AvgIpc) is 2.73. The van der Waals surface area contributed by atoms with Gasteiger partial charge in [-0.05, 0) is 35.4 Å². The molecule has 2 aliphatic carbocycles. The Kier molecular flexibility index (Phi) is 3.80. The van der Waals surface area contributed by atoms with Crippen LogP contribution in [0.2, 0.25) is 0 Å². The lowest BCUT2D eigenvalue weighted by atomic mass is 9.92. The lowest BCUT2D eigenvalue weighted by Gasteiger charge is -2.14. The van der Waals surface area contributed by atoms with Gasteiger partial charge in [0.05, 0.1) is 22.5 Å². The summed E-state index contributed by atoms with van der Waals surface area (Å²) in [6.45, 7) is 0. The predicted octanol–water partition coefficient (Wildman–Crippen LogP) is 0.832. The molecule has 0 atom stereocenters. The molecule has 0 bridgehead atoms. The SMILES string of the molecule is N#CN=C1C=Cc2c3c(c4nc(C#N)c(C#N)nc4c2=C1)=CC(=NC#N)C=C3. The van der Waals surface area contributed by atoms with Crippen molar-refractivity contribution in [2.45, 2.75) is 0 Å². The van der Waals surface area contributed by atoms with Gasteiger partial charge in [-0.1, -0.05) is 12.2 Å². The van der Waals surface area contributed by atoms with Gasteiger partial charge < -0.3 is 0 Å². The fraction of sp³-hybridized carbons (Fsp3) is 0. The normalized spacial score (nSPS) is 16.1. The van der Waals surface area contributed by atoms with Crippen LogP contribution in [0.5, 0.6) is 0 Å². The smallest absolute Gasteiger partial charge is 0.206 e. The maximum absolute atomic E-state index is 9.33. The summed E-state index contributed by atoms with van der Waals surface area (Å²) in [5.41, 5.74) is 3.14. The lowest BCUT2D eigenvalue weighted by Crippen LogP contribution is -2.27. The molecule has 1 aromatic heterocycles. The van der Waals surface area contributed by atoms with Crippen LogP contribution in [-0.4, -0.2) is 21.4 Å². The zero-order chi connectivity index (χ0) is 19.7. The molecule has 4 rings (SSSR count). The number of aliphatic imine (C=N–C) groups is 2. The van der Waals surface area contributed by atoms with Gasteiger partial charge in [-0.15, -0.1) is 0 Å². The van der Waals surface area contributed by atoms with Crippen LogP contribution in [0.3, 0.4) is 0 Å². The standard InChI is InChI=1S/C20H6N8/c21-7-17-18(8-22)28-20-16-6-12(26-10-24)2-4-14(16)13-3-1-11(25-9-23)5-15(13)19(20)27-17/h1-6H. The number of rotatable bonds is 0. The summed E-state index contributed by atoms with van der Waals surface area (Å²) >= 11 is 0. The van der Waals surface area contributed by atoms with Crippen molar-refractivity contribution in [1.82, 2.24) is 9.97 Å². The molecule has 0 saturated heterocycles. The summed E-state index contributed by atoms with van der Waals surface area (Å²) < 4.78 is 0. The molecule has 0 saturated carbocycles. The van der Waals surface area contributed by atoms with E-state index in [1.165, 1.54) is 0 Å². The van der Waals surface area contributed by atoms with Gasteiger partial charge in [-0.25, -0.2) is 9.97 Å². The number of benzene rings is 1. The van der Waals surface area contributed by atoms with E-state index >= 15 is 0 Å². The molecule has 2 aliphatic rings. The van der Waals surface area contributed by atoms with Crippen molar-refractivity contribution in [2.24, 2.45) is 9.98 Å². The number of hydrogen-bond donors (Lipinski definition) is 0. The molecular weight excluding hydrogens is 352 g/mol. The molecule has 0 aliphatic heterocycles. The Morgan fingerprint density at radius 3 is 1.43 bits per heavy atom. The number of nitriles is 4. The summed E-state index contributed by atoms with van der Waals surface area (Å²) in [6, 6.07) is 3.78. The Labute approximate surface area is 158 Å². The van der Waals surface area contributed by atoms with Crippen molar-refractivity contribution in [1.29, 1.82) is 21.0 Å². The molecule has 0 N–H and O–H groups in total. The minimum Gasteiger partial charge on any atom is -0.232 e. The largest absolute Gasteiger partial charge is 0.232 e. The van der Waals surface area contributed by atoms with Gasteiger partial charge in [-0.2, -0.15) is 31.0 Å². The zero-order valence-corrected chi connectivity index (χ0v) is 14.0. The monoisotopic (exact) mass is 358 g/mol. The van der Waals surface area contributed by atoms with E-state index in [9.17, 15) is 10.5 Å². The molecule has 0 radical (unpaired) electrons. The molecule has 8 heteroatoms. The predicted molar refractivity (Wildman–Crippen MR) is 101 cm³/mol. The fourth-order valence-corrected chi connectivity index (χ4v) is 3.15. The Morgan fingerprint density at radius 2 is 1.07 bits per heavy atom. The summed E-state index contributed by atoms with van der Waals surface area (Å²) in [5.74, 6) is 0. The molecule has 0 fully saturated rings. The summed E-state index contributed by atoms with van der Waals surface area (Å²) in [5, 5.41) is 37.7. The van der Waals surface area contributed by atoms with E-state index in [1.807, 2.05) is 12.1 Å². The van der Waals surface area contributed by atoms with Gasteiger partial charge in [-0.3, -0.25) is 0 Å². The third-order valence-electron chi connectivity index (χ3n) is 4.27. The number of hydrogen-bond acceptors (Lipinski definition) is 8. The molecule has 8 nitrogen and oxygen atoms in total. The number of nitrogens with zero attached hydrogens (tertiary/aromatic N) is 8. The van der Waals surface area contributed by atoms with E-state index in [1.54, 1.807) is 48.8 Å². The van der Waals surface area contributed by atoms with Gasteiger partial charge in [0, 0.05) is 10.4 Å². The molecule has 126 valence electrons. The first-order chi connectivity index (χ1) is 13.7. The minimum absolute atomic E-state index is 0.0869. The van der Waals surface area contributed by atoms with Crippen molar-refractivity contribution in [3.63, 3.8) is 0 Å². The van der Waals surface area contributed by atoms with Crippen LogP contribution in [0.1, 0.15) is 22.5 Å². The van der Waals surface area contributed by atoms with E-state index in [2.05, 4.69) is 20.0 Å². The summed E-state index contributed by atoms with van der Waals surface area (Å²) in [7, 11) is 0. The fourth-order valence-electron chi connectivity index (χ4n) is 3.15. The van der Waals surface area contributed by atoms with Crippen LogP contribution >= 0.6 is 0 Å². The zero-order valence-electron chi connectivity index (χ0n) is 14.0. The van der Waals surface area contributed by atoms with Crippen LogP contribution in [0.25, 0.3) is 35.3 Å².